The topological polar surface area (TPSA) is 23.8 Å². The van der Waals surface area contributed by atoms with Crippen LogP contribution in [0.15, 0.2) is 48.5 Å². The van der Waals surface area contributed by atoms with E-state index in [2.05, 4.69) is 39.0 Å². The van der Waals surface area contributed by atoms with E-state index in [1.54, 1.807) is 18.2 Å². The van der Waals surface area contributed by atoms with Crippen molar-refractivity contribution in [2.24, 2.45) is 0 Å². The van der Waals surface area contributed by atoms with E-state index in [4.69, 9.17) is 16.9 Å². The summed E-state index contributed by atoms with van der Waals surface area (Å²) >= 11 is 5.86. The van der Waals surface area contributed by atoms with Gasteiger partial charge >= 0.3 is 0 Å². The van der Waals surface area contributed by atoms with Crippen LogP contribution in [0.3, 0.4) is 0 Å². The molecule has 0 amide bonds. The fraction of sp³-hybridized carbons (Fsp3) is 0.381. The first-order valence-corrected chi connectivity index (χ1v) is 7.67. The minimum absolute atomic E-state index is 0. The molecule has 0 aromatic heterocycles. The van der Waals surface area contributed by atoms with Gasteiger partial charge in [0, 0.05) is 5.02 Å². The Bertz CT molecular complexity index is 542. The third-order valence-corrected chi connectivity index (χ3v) is 2.89. The number of hydrogen-bond donors (Lipinski definition) is 0. The van der Waals surface area contributed by atoms with Gasteiger partial charge in [-0.3, -0.25) is 0 Å². The summed E-state index contributed by atoms with van der Waals surface area (Å²) in [6.07, 6.45) is 2.06. The van der Waals surface area contributed by atoms with Crippen LogP contribution in [0.4, 0.5) is 0 Å². The Morgan fingerprint density at radius 2 is 1.43 bits per heavy atom. The minimum Gasteiger partial charge on any atom is -0.192 e. The fourth-order valence-electron chi connectivity index (χ4n) is 1.56. The van der Waals surface area contributed by atoms with E-state index in [-0.39, 0.29) is 14.9 Å². The molecule has 2 rings (SSSR count). The molecule has 2 heteroatoms. The van der Waals surface area contributed by atoms with Crippen molar-refractivity contribution >= 4 is 11.6 Å². The zero-order chi connectivity index (χ0) is 16.1. The molecule has 0 saturated heterocycles. The number of rotatable bonds is 1. The first-order valence-electron chi connectivity index (χ1n) is 7.29. The molecular weight excluding hydrogens is 302 g/mol. The van der Waals surface area contributed by atoms with Gasteiger partial charge in [-0.1, -0.05) is 95.6 Å². The Kier molecular flexibility index (Phi) is 18.8. The second kappa shape index (κ2) is 16.6. The van der Waals surface area contributed by atoms with Gasteiger partial charge in [0.05, 0.1) is 11.6 Å². The van der Waals surface area contributed by atoms with Crippen LogP contribution in [-0.4, -0.2) is 0 Å². The normalized spacial score (nSPS) is 7.83. The second-order valence-corrected chi connectivity index (χ2v) is 5.00. The maximum absolute atomic E-state index is 8.67. The van der Waals surface area contributed by atoms with Crippen LogP contribution in [0.5, 0.6) is 0 Å². The molecule has 2 aromatic carbocycles. The van der Waals surface area contributed by atoms with Crippen LogP contribution >= 0.6 is 11.6 Å². The molecule has 0 aliphatic carbocycles. The van der Waals surface area contributed by atoms with E-state index >= 15 is 0 Å². The minimum atomic E-state index is 0. The molecule has 1 nitrogen and oxygen atoms in total. The maximum Gasteiger partial charge on any atom is 0.0995 e. The maximum atomic E-state index is 8.67. The number of nitriles is 1. The van der Waals surface area contributed by atoms with Crippen molar-refractivity contribution in [2.45, 2.75) is 55.4 Å². The summed E-state index contributed by atoms with van der Waals surface area (Å²) in [5, 5.41) is 9.35. The highest BCUT2D eigenvalue weighted by atomic mass is 35.5. The molecule has 128 valence electrons. The van der Waals surface area contributed by atoms with Crippen molar-refractivity contribution in [2.75, 3.05) is 0 Å². The molecule has 0 unspecified atom stereocenters. The molecule has 2 aromatic rings. The fourth-order valence-corrected chi connectivity index (χ4v) is 1.87. The number of benzene rings is 2. The van der Waals surface area contributed by atoms with E-state index in [0.717, 1.165) is 12.0 Å². The van der Waals surface area contributed by atoms with Gasteiger partial charge in [0.25, 0.3) is 0 Å². The second-order valence-electron chi connectivity index (χ2n) is 4.59. The van der Waals surface area contributed by atoms with Gasteiger partial charge in [-0.2, -0.15) is 5.26 Å². The zero-order valence-corrected chi connectivity index (χ0v) is 14.1. The highest BCUT2D eigenvalue weighted by Gasteiger charge is 2.02. The summed E-state index contributed by atoms with van der Waals surface area (Å²) in [5.74, 6) is 0. The van der Waals surface area contributed by atoms with Crippen LogP contribution < -0.4 is 0 Å². The lowest BCUT2D eigenvalue weighted by Gasteiger charge is -2.01. The summed E-state index contributed by atoms with van der Waals surface area (Å²) in [7, 11) is 0. The molecule has 23 heavy (non-hydrogen) atoms. The number of halogens is 1. The van der Waals surface area contributed by atoms with Crippen molar-refractivity contribution in [3.05, 3.63) is 70.2 Å². The Morgan fingerprint density at radius 3 is 1.74 bits per heavy atom. The van der Waals surface area contributed by atoms with Crippen LogP contribution in [0.2, 0.25) is 5.02 Å². The quantitative estimate of drug-likeness (QED) is 0.531. The van der Waals surface area contributed by atoms with Gasteiger partial charge in [-0.05, 0) is 31.0 Å². The zero-order valence-electron chi connectivity index (χ0n) is 13.4. The summed E-state index contributed by atoms with van der Waals surface area (Å²) in [6, 6.07) is 17.7. The van der Waals surface area contributed by atoms with Crippen molar-refractivity contribution in [3.63, 3.8) is 0 Å². The highest BCUT2D eigenvalue weighted by Crippen LogP contribution is 2.19. The number of nitrogens with zero attached hydrogens (tertiary/aromatic N) is 1. The first-order chi connectivity index (χ1) is 10.1. The highest BCUT2D eigenvalue weighted by molar-refractivity contribution is 6.31. The predicted octanol–water partition coefficient (Wildman–Crippen LogP) is 7.46. The molecule has 0 heterocycles. The molecule has 0 radical (unpaired) electrons. The molecule has 0 saturated carbocycles. The third-order valence-electron chi connectivity index (χ3n) is 2.53. The molecule has 0 fully saturated rings. The van der Waals surface area contributed by atoms with Gasteiger partial charge in [0.1, 0.15) is 0 Å². The number of aryl methyl sites for hydroxylation is 1. The standard InChI is InChI=1S/C9H8ClN.C7H8.C3H8.2CH4/c1-2-8-7(6-11)4-3-5-9(8)10;1-7-5-3-2-4-6-7;1-3-2;;/h3-5H,2H2,1H3;2-6H,1H3;3H2,1-2H3;2*1H4. The average molecular weight is 334 g/mol. The van der Waals surface area contributed by atoms with Gasteiger partial charge in [-0.15, -0.1) is 0 Å². The summed E-state index contributed by atoms with van der Waals surface area (Å²) in [5.41, 5.74) is 2.94. The summed E-state index contributed by atoms with van der Waals surface area (Å²) < 4.78 is 0. The molecule has 0 aliphatic heterocycles. The lowest BCUT2D eigenvalue weighted by atomic mass is 10.1. The van der Waals surface area contributed by atoms with Gasteiger partial charge in [-0.25, -0.2) is 0 Å². The van der Waals surface area contributed by atoms with Crippen LogP contribution in [0.25, 0.3) is 0 Å². The predicted molar refractivity (Wildman–Crippen MR) is 106 cm³/mol. The first kappa shape index (κ1) is 26.1. The largest absolute Gasteiger partial charge is 0.192 e. The molecule has 0 spiro atoms. The smallest absolute Gasteiger partial charge is 0.0995 e. The Balaban J connectivity index is -0.000000291. The Labute approximate surface area is 148 Å². The SMILES string of the molecule is C.C.CCC.CCc1c(Cl)cccc1C#N.Cc1ccccc1. The van der Waals surface area contributed by atoms with Gasteiger partial charge in [0.2, 0.25) is 0 Å². The van der Waals surface area contributed by atoms with Crippen LogP contribution in [0.1, 0.15) is 58.7 Å². The Morgan fingerprint density at radius 1 is 0.913 bits per heavy atom. The van der Waals surface area contributed by atoms with Crippen molar-refractivity contribution in [1.29, 1.82) is 5.26 Å². The molecular formula is C21H32ClN. The summed E-state index contributed by atoms with van der Waals surface area (Å²) in [6.45, 7) is 8.32. The van der Waals surface area contributed by atoms with Gasteiger partial charge in [0.15, 0.2) is 0 Å². The van der Waals surface area contributed by atoms with Crippen molar-refractivity contribution < 1.29 is 0 Å². The monoisotopic (exact) mass is 333 g/mol. The average Bonchev–Trinajstić information content (AvgIpc) is 2.49. The van der Waals surface area contributed by atoms with E-state index in [1.807, 2.05) is 25.1 Å². The van der Waals surface area contributed by atoms with E-state index in [0.29, 0.717) is 10.6 Å². The summed E-state index contributed by atoms with van der Waals surface area (Å²) in [4.78, 5) is 0. The van der Waals surface area contributed by atoms with Crippen LogP contribution in [0, 0.1) is 18.3 Å². The Hall–Kier alpha value is -1.78. The lowest BCUT2D eigenvalue weighted by molar-refractivity contribution is 1.09. The van der Waals surface area contributed by atoms with Crippen LogP contribution in [-0.2, 0) is 6.42 Å². The third kappa shape index (κ3) is 11.4. The lowest BCUT2D eigenvalue weighted by Crippen LogP contribution is -1.87. The molecule has 0 atom stereocenters. The molecule has 0 N–H and O–H groups in total. The molecule has 0 bridgehead atoms. The molecule has 0 aliphatic rings. The van der Waals surface area contributed by atoms with Crippen molar-refractivity contribution in [3.8, 4) is 6.07 Å². The van der Waals surface area contributed by atoms with Crippen molar-refractivity contribution in [1.82, 2.24) is 0 Å². The number of hydrogen-bond acceptors (Lipinski definition) is 1. The van der Waals surface area contributed by atoms with E-state index in [9.17, 15) is 0 Å². The van der Waals surface area contributed by atoms with E-state index < -0.39 is 0 Å². The van der Waals surface area contributed by atoms with E-state index in [1.165, 1.54) is 12.0 Å². The van der Waals surface area contributed by atoms with Gasteiger partial charge < -0.3 is 0 Å².